The van der Waals surface area contributed by atoms with E-state index in [-0.39, 0.29) is 0 Å². The molecule has 0 atom stereocenters. The highest BCUT2D eigenvalue weighted by atomic mass is 15.0. The molecule has 19 heavy (non-hydrogen) atoms. The first kappa shape index (κ1) is 13.9. The Morgan fingerprint density at radius 1 is 0.737 bits per heavy atom. The van der Waals surface area contributed by atoms with Crippen molar-refractivity contribution in [2.45, 2.75) is 53.4 Å². The summed E-state index contributed by atoms with van der Waals surface area (Å²) in [5, 5.41) is 0. The second-order valence-electron chi connectivity index (χ2n) is 6.00. The summed E-state index contributed by atoms with van der Waals surface area (Å²) in [6.45, 7) is 13.7. The van der Waals surface area contributed by atoms with Crippen LogP contribution in [0.15, 0.2) is 30.3 Å². The molecule has 0 spiro atoms. The normalized spacial score (nSPS) is 11.6. The molecule has 0 aliphatic rings. The topological polar surface area (TPSA) is 4.93 Å². The third kappa shape index (κ3) is 2.34. The van der Waals surface area contributed by atoms with Crippen molar-refractivity contribution in [2.75, 3.05) is 0 Å². The van der Waals surface area contributed by atoms with Gasteiger partial charge >= 0.3 is 0 Å². The Balaban J connectivity index is 2.80. The fourth-order valence-electron chi connectivity index (χ4n) is 3.09. The number of benzene rings is 1. The number of aromatic nitrogens is 1. The van der Waals surface area contributed by atoms with Gasteiger partial charge in [0.1, 0.15) is 0 Å². The Morgan fingerprint density at radius 2 is 1.16 bits per heavy atom. The van der Waals surface area contributed by atoms with Gasteiger partial charge in [-0.1, -0.05) is 45.9 Å². The molecule has 1 nitrogen and oxygen atoms in total. The van der Waals surface area contributed by atoms with Crippen LogP contribution in [0.1, 0.15) is 62.0 Å². The Kier molecular flexibility index (Phi) is 3.84. The van der Waals surface area contributed by atoms with Gasteiger partial charge in [-0.2, -0.15) is 0 Å². The molecule has 1 aromatic heterocycles. The van der Waals surface area contributed by atoms with Gasteiger partial charge < -0.3 is 4.57 Å². The monoisotopic (exact) mass is 255 g/mol. The summed E-state index contributed by atoms with van der Waals surface area (Å²) in [7, 11) is 0. The summed E-state index contributed by atoms with van der Waals surface area (Å²) < 4.78 is 2.47. The van der Waals surface area contributed by atoms with Gasteiger partial charge in [-0.15, -0.1) is 0 Å². The van der Waals surface area contributed by atoms with Crippen molar-refractivity contribution in [3.63, 3.8) is 0 Å². The van der Waals surface area contributed by atoms with E-state index in [0.29, 0.717) is 11.8 Å². The molecule has 0 amide bonds. The van der Waals surface area contributed by atoms with E-state index < -0.39 is 0 Å². The maximum atomic E-state index is 2.47. The molecular formula is C18H25N. The van der Waals surface area contributed by atoms with Gasteiger partial charge in [0.25, 0.3) is 0 Å². The summed E-state index contributed by atoms with van der Waals surface area (Å²) >= 11 is 0. The van der Waals surface area contributed by atoms with Gasteiger partial charge in [0, 0.05) is 17.1 Å². The van der Waals surface area contributed by atoms with Crippen LogP contribution in [0.3, 0.4) is 0 Å². The molecule has 0 fully saturated rings. The fraction of sp³-hybridized carbons (Fsp3) is 0.444. The smallest absolute Gasteiger partial charge is 0.0455 e. The van der Waals surface area contributed by atoms with Crippen molar-refractivity contribution in [3.8, 4) is 5.69 Å². The van der Waals surface area contributed by atoms with Crippen molar-refractivity contribution < 1.29 is 0 Å². The molecule has 0 N–H and O–H groups in total. The number of hydrogen-bond acceptors (Lipinski definition) is 0. The lowest BCUT2D eigenvalue weighted by atomic mass is 10.0. The van der Waals surface area contributed by atoms with Gasteiger partial charge in [0.2, 0.25) is 0 Å². The standard InChI is InChI=1S/C18H25N/c1-12(2)17-14(5)15(6)18(13(3)4)19(17)16-10-8-7-9-11-16/h7-13H,1-6H3. The van der Waals surface area contributed by atoms with E-state index in [2.05, 4.69) is 76.4 Å². The zero-order valence-electron chi connectivity index (χ0n) is 13.0. The summed E-state index contributed by atoms with van der Waals surface area (Å²) in [4.78, 5) is 0. The largest absolute Gasteiger partial charge is 0.317 e. The van der Waals surface area contributed by atoms with Crippen LogP contribution in [0.25, 0.3) is 5.69 Å². The van der Waals surface area contributed by atoms with Crippen LogP contribution in [0, 0.1) is 13.8 Å². The molecule has 2 aromatic rings. The first-order valence-electron chi connectivity index (χ1n) is 7.22. The number of para-hydroxylation sites is 1. The van der Waals surface area contributed by atoms with E-state index in [1.165, 1.54) is 28.2 Å². The van der Waals surface area contributed by atoms with Crippen LogP contribution in [0.4, 0.5) is 0 Å². The molecule has 1 aromatic carbocycles. The molecule has 0 unspecified atom stereocenters. The van der Waals surface area contributed by atoms with Gasteiger partial charge in [0.05, 0.1) is 0 Å². The van der Waals surface area contributed by atoms with Gasteiger partial charge in [0.15, 0.2) is 0 Å². The van der Waals surface area contributed by atoms with E-state index in [1.807, 2.05) is 0 Å². The van der Waals surface area contributed by atoms with Crippen LogP contribution >= 0.6 is 0 Å². The zero-order valence-corrected chi connectivity index (χ0v) is 13.0. The number of nitrogens with zero attached hydrogens (tertiary/aromatic N) is 1. The summed E-state index contributed by atoms with van der Waals surface area (Å²) in [6.07, 6.45) is 0. The van der Waals surface area contributed by atoms with Gasteiger partial charge in [-0.3, -0.25) is 0 Å². The minimum atomic E-state index is 0.534. The van der Waals surface area contributed by atoms with Crippen LogP contribution in [0.5, 0.6) is 0 Å². The van der Waals surface area contributed by atoms with E-state index in [1.54, 1.807) is 0 Å². The maximum absolute atomic E-state index is 2.47. The van der Waals surface area contributed by atoms with Crippen molar-refractivity contribution in [2.24, 2.45) is 0 Å². The first-order valence-corrected chi connectivity index (χ1v) is 7.22. The third-order valence-corrected chi connectivity index (χ3v) is 3.92. The molecule has 1 heterocycles. The van der Waals surface area contributed by atoms with Gasteiger partial charge in [-0.25, -0.2) is 0 Å². The minimum Gasteiger partial charge on any atom is -0.317 e. The van der Waals surface area contributed by atoms with Crippen LogP contribution in [-0.2, 0) is 0 Å². The highest BCUT2D eigenvalue weighted by molar-refractivity contribution is 5.48. The third-order valence-electron chi connectivity index (χ3n) is 3.92. The second kappa shape index (κ2) is 5.24. The zero-order chi connectivity index (χ0) is 14.2. The van der Waals surface area contributed by atoms with Crippen molar-refractivity contribution in [1.82, 2.24) is 4.57 Å². The SMILES string of the molecule is Cc1c(C)c(C(C)C)n(-c2ccccc2)c1C(C)C. The Hall–Kier alpha value is -1.50. The first-order chi connectivity index (χ1) is 8.95. The van der Waals surface area contributed by atoms with Crippen LogP contribution in [-0.4, -0.2) is 4.57 Å². The fourth-order valence-corrected chi connectivity index (χ4v) is 3.09. The Morgan fingerprint density at radius 3 is 1.53 bits per heavy atom. The quantitative estimate of drug-likeness (QED) is 0.697. The van der Waals surface area contributed by atoms with Gasteiger partial charge in [-0.05, 0) is 48.9 Å². The lowest BCUT2D eigenvalue weighted by Crippen LogP contribution is -2.07. The molecule has 0 aliphatic carbocycles. The summed E-state index contributed by atoms with van der Waals surface area (Å²) in [6, 6.07) is 10.7. The summed E-state index contributed by atoms with van der Waals surface area (Å²) in [5.74, 6) is 1.07. The molecule has 1 heteroatoms. The molecule has 0 aliphatic heterocycles. The molecule has 0 bridgehead atoms. The van der Waals surface area contributed by atoms with E-state index in [9.17, 15) is 0 Å². The molecule has 0 saturated carbocycles. The van der Waals surface area contributed by atoms with E-state index in [4.69, 9.17) is 0 Å². The van der Waals surface area contributed by atoms with Crippen molar-refractivity contribution >= 4 is 0 Å². The average molecular weight is 255 g/mol. The predicted octanol–water partition coefficient (Wildman–Crippen LogP) is 5.34. The summed E-state index contributed by atoms with van der Waals surface area (Å²) in [5.41, 5.74) is 7.08. The second-order valence-corrected chi connectivity index (χ2v) is 6.00. The predicted molar refractivity (Wildman–Crippen MR) is 83.4 cm³/mol. The molecule has 0 saturated heterocycles. The van der Waals surface area contributed by atoms with E-state index >= 15 is 0 Å². The Bertz CT molecular complexity index is 528. The lowest BCUT2D eigenvalue weighted by molar-refractivity contribution is 0.722. The Labute approximate surface area is 117 Å². The number of rotatable bonds is 3. The highest BCUT2D eigenvalue weighted by Crippen LogP contribution is 2.34. The highest BCUT2D eigenvalue weighted by Gasteiger charge is 2.21. The minimum absolute atomic E-state index is 0.534. The molecule has 102 valence electrons. The van der Waals surface area contributed by atoms with Crippen molar-refractivity contribution in [1.29, 1.82) is 0 Å². The molecule has 2 rings (SSSR count). The maximum Gasteiger partial charge on any atom is 0.0455 e. The molecular weight excluding hydrogens is 230 g/mol. The van der Waals surface area contributed by atoms with Crippen LogP contribution in [0.2, 0.25) is 0 Å². The van der Waals surface area contributed by atoms with Crippen LogP contribution < -0.4 is 0 Å². The number of hydrogen-bond donors (Lipinski definition) is 0. The average Bonchev–Trinajstić information content (AvgIpc) is 2.63. The lowest BCUT2D eigenvalue weighted by Gasteiger charge is -2.18. The van der Waals surface area contributed by atoms with Crippen molar-refractivity contribution in [3.05, 3.63) is 52.8 Å². The molecule has 0 radical (unpaired) electrons. The van der Waals surface area contributed by atoms with E-state index in [0.717, 1.165) is 0 Å².